The Balaban J connectivity index is 1.92. The summed E-state index contributed by atoms with van der Waals surface area (Å²) in [6.07, 6.45) is 0.173. The van der Waals surface area contributed by atoms with Crippen LogP contribution in [0.4, 0.5) is 0 Å². The van der Waals surface area contributed by atoms with Gasteiger partial charge in [-0.1, -0.05) is 83.9 Å². The van der Waals surface area contributed by atoms with E-state index < -0.39 is 12.1 Å². The van der Waals surface area contributed by atoms with Gasteiger partial charge >= 0.3 is 5.97 Å². The van der Waals surface area contributed by atoms with Crippen LogP contribution in [-0.4, -0.2) is 16.7 Å². The van der Waals surface area contributed by atoms with Crippen LogP contribution in [0.1, 0.15) is 32.4 Å². The number of halogens is 2. The SMILES string of the molecule is O=C(O[C@@H](C(=O)c1ccccc1)c1ccccc1)c1cnc(Cl)c(Cl)c1. The van der Waals surface area contributed by atoms with Gasteiger partial charge in [-0.15, -0.1) is 0 Å². The molecule has 1 atom stereocenters. The van der Waals surface area contributed by atoms with E-state index in [4.69, 9.17) is 27.9 Å². The summed E-state index contributed by atoms with van der Waals surface area (Å²) in [7, 11) is 0. The van der Waals surface area contributed by atoms with Gasteiger partial charge in [0.15, 0.2) is 6.10 Å². The fourth-order valence-corrected chi connectivity index (χ4v) is 2.63. The molecule has 0 aliphatic heterocycles. The van der Waals surface area contributed by atoms with Crippen LogP contribution in [0.15, 0.2) is 72.9 Å². The Bertz CT molecular complexity index is 930. The molecule has 3 aromatic rings. The molecule has 3 rings (SSSR count). The van der Waals surface area contributed by atoms with Crippen LogP contribution in [0.2, 0.25) is 10.2 Å². The number of ketones is 1. The molecule has 0 unspecified atom stereocenters. The normalized spacial score (nSPS) is 11.6. The van der Waals surface area contributed by atoms with Crippen molar-refractivity contribution in [3.05, 3.63) is 99.8 Å². The third kappa shape index (κ3) is 4.10. The number of nitrogens with zero attached hydrogens (tertiary/aromatic N) is 1. The Labute approximate surface area is 160 Å². The van der Waals surface area contributed by atoms with Crippen molar-refractivity contribution in [1.29, 1.82) is 0 Å². The number of aromatic nitrogens is 1. The van der Waals surface area contributed by atoms with Crippen LogP contribution < -0.4 is 0 Å². The zero-order valence-electron chi connectivity index (χ0n) is 13.4. The third-order valence-electron chi connectivity index (χ3n) is 3.66. The molecule has 0 saturated carbocycles. The van der Waals surface area contributed by atoms with Crippen molar-refractivity contribution in [1.82, 2.24) is 4.98 Å². The molecule has 0 aliphatic carbocycles. The van der Waals surface area contributed by atoms with E-state index in [0.29, 0.717) is 11.1 Å². The van der Waals surface area contributed by atoms with Gasteiger partial charge in [0.1, 0.15) is 5.15 Å². The summed E-state index contributed by atoms with van der Waals surface area (Å²) in [6, 6.07) is 18.8. The molecule has 130 valence electrons. The van der Waals surface area contributed by atoms with E-state index >= 15 is 0 Å². The Hall–Kier alpha value is -2.69. The van der Waals surface area contributed by atoms with Gasteiger partial charge in [0.25, 0.3) is 0 Å². The summed E-state index contributed by atoms with van der Waals surface area (Å²) in [5.74, 6) is -1.03. The molecule has 0 spiro atoms. The molecule has 0 bridgehead atoms. The molecule has 6 heteroatoms. The van der Waals surface area contributed by atoms with Crippen LogP contribution in [0.3, 0.4) is 0 Å². The third-order valence-corrected chi connectivity index (χ3v) is 4.34. The second kappa shape index (κ2) is 8.13. The quantitative estimate of drug-likeness (QED) is 0.345. The van der Waals surface area contributed by atoms with E-state index in [1.165, 1.54) is 12.3 Å². The highest BCUT2D eigenvalue weighted by Crippen LogP contribution is 2.25. The number of hydrogen-bond donors (Lipinski definition) is 0. The van der Waals surface area contributed by atoms with Gasteiger partial charge < -0.3 is 4.74 Å². The maximum atomic E-state index is 12.9. The topological polar surface area (TPSA) is 56.3 Å². The van der Waals surface area contributed by atoms with E-state index in [1.54, 1.807) is 48.5 Å². The minimum absolute atomic E-state index is 0.0863. The monoisotopic (exact) mass is 385 g/mol. The Morgan fingerprint density at radius 1 is 0.885 bits per heavy atom. The average Bonchev–Trinajstić information content (AvgIpc) is 2.69. The van der Waals surface area contributed by atoms with Crippen LogP contribution in [0, 0.1) is 0 Å². The molecule has 0 aliphatic rings. The van der Waals surface area contributed by atoms with Crippen LogP contribution in [-0.2, 0) is 4.74 Å². The molecule has 26 heavy (non-hydrogen) atoms. The molecule has 0 N–H and O–H groups in total. The summed E-state index contributed by atoms with van der Waals surface area (Å²) in [5.41, 5.74) is 1.13. The minimum atomic E-state index is -1.08. The van der Waals surface area contributed by atoms with Crippen molar-refractivity contribution >= 4 is 35.0 Å². The number of esters is 1. The summed E-state index contributed by atoms with van der Waals surface area (Å²) in [5, 5.41) is 0.218. The summed E-state index contributed by atoms with van der Waals surface area (Å²) in [6.45, 7) is 0. The maximum Gasteiger partial charge on any atom is 0.340 e. The lowest BCUT2D eigenvalue weighted by Crippen LogP contribution is -2.20. The van der Waals surface area contributed by atoms with Crippen molar-refractivity contribution < 1.29 is 14.3 Å². The van der Waals surface area contributed by atoms with Crippen molar-refractivity contribution in [2.75, 3.05) is 0 Å². The Morgan fingerprint density at radius 2 is 1.50 bits per heavy atom. The van der Waals surface area contributed by atoms with Crippen LogP contribution >= 0.6 is 23.2 Å². The van der Waals surface area contributed by atoms with E-state index in [2.05, 4.69) is 4.98 Å². The highest BCUT2D eigenvalue weighted by molar-refractivity contribution is 6.41. The first-order valence-corrected chi connectivity index (χ1v) is 8.48. The molecule has 0 amide bonds. The standard InChI is InChI=1S/C20H13Cl2NO3/c21-16-11-15(12-23-19(16)22)20(25)26-18(14-9-5-2-6-10-14)17(24)13-7-3-1-4-8-13/h1-12,18H/t18-/m1/s1. The van der Waals surface area contributed by atoms with Gasteiger partial charge in [-0.3, -0.25) is 4.79 Å². The number of hydrogen-bond acceptors (Lipinski definition) is 4. The van der Waals surface area contributed by atoms with Crippen molar-refractivity contribution in [2.24, 2.45) is 0 Å². The molecule has 1 aromatic heterocycles. The number of ether oxygens (including phenoxy) is 1. The van der Waals surface area contributed by atoms with Crippen LogP contribution in [0.25, 0.3) is 0 Å². The van der Waals surface area contributed by atoms with Gasteiger partial charge in [0, 0.05) is 17.3 Å². The number of Topliss-reactive ketones (excluding diaryl/α,β-unsaturated/α-hetero) is 1. The molecule has 0 fully saturated rings. The van der Waals surface area contributed by atoms with Gasteiger partial charge in [-0.2, -0.15) is 0 Å². The molecule has 0 saturated heterocycles. The van der Waals surface area contributed by atoms with E-state index in [-0.39, 0.29) is 21.5 Å². The smallest absolute Gasteiger partial charge is 0.340 e. The molecular formula is C20H13Cl2NO3. The van der Waals surface area contributed by atoms with Gasteiger partial charge in [-0.05, 0) is 6.07 Å². The average molecular weight is 386 g/mol. The predicted molar refractivity (Wildman–Crippen MR) is 99.6 cm³/mol. The molecule has 4 nitrogen and oxygen atoms in total. The molecule has 2 aromatic carbocycles. The van der Waals surface area contributed by atoms with Gasteiger partial charge in [0.05, 0.1) is 10.6 Å². The van der Waals surface area contributed by atoms with Gasteiger partial charge in [0.2, 0.25) is 5.78 Å². The number of pyridine rings is 1. The van der Waals surface area contributed by atoms with E-state index in [0.717, 1.165) is 0 Å². The highest BCUT2D eigenvalue weighted by Gasteiger charge is 2.27. The summed E-state index contributed by atoms with van der Waals surface area (Å²) in [4.78, 5) is 29.2. The first-order valence-electron chi connectivity index (χ1n) is 7.72. The largest absolute Gasteiger partial charge is 0.445 e. The van der Waals surface area contributed by atoms with Crippen molar-refractivity contribution in [3.8, 4) is 0 Å². The lowest BCUT2D eigenvalue weighted by molar-refractivity contribution is 0.0279. The van der Waals surface area contributed by atoms with E-state index in [1.807, 2.05) is 12.1 Å². The zero-order valence-corrected chi connectivity index (χ0v) is 14.9. The fourth-order valence-electron chi connectivity index (χ4n) is 2.36. The Morgan fingerprint density at radius 3 is 2.12 bits per heavy atom. The number of carbonyl (C=O) groups is 2. The second-order valence-electron chi connectivity index (χ2n) is 5.42. The second-order valence-corrected chi connectivity index (χ2v) is 6.19. The predicted octanol–water partition coefficient (Wildman–Crippen LogP) is 5.17. The molecule has 0 radical (unpaired) electrons. The highest BCUT2D eigenvalue weighted by atomic mass is 35.5. The summed E-state index contributed by atoms with van der Waals surface area (Å²) < 4.78 is 5.50. The maximum absolute atomic E-state index is 12.9. The summed E-state index contributed by atoms with van der Waals surface area (Å²) >= 11 is 11.7. The van der Waals surface area contributed by atoms with Crippen molar-refractivity contribution in [2.45, 2.75) is 6.10 Å². The number of benzene rings is 2. The lowest BCUT2D eigenvalue weighted by Gasteiger charge is -2.17. The zero-order chi connectivity index (χ0) is 18.5. The lowest BCUT2D eigenvalue weighted by atomic mass is 10.00. The molecule has 1 heterocycles. The van der Waals surface area contributed by atoms with Gasteiger partial charge in [-0.25, -0.2) is 9.78 Å². The number of carbonyl (C=O) groups excluding carboxylic acids is 2. The first kappa shape index (κ1) is 18.1. The van der Waals surface area contributed by atoms with E-state index in [9.17, 15) is 9.59 Å². The Kier molecular flexibility index (Phi) is 5.66. The van der Waals surface area contributed by atoms with Crippen LogP contribution in [0.5, 0.6) is 0 Å². The van der Waals surface area contributed by atoms with Crippen molar-refractivity contribution in [3.63, 3.8) is 0 Å². The first-order chi connectivity index (χ1) is 12.6. The fraction of sp³-hybridized carbons (Fsp3) is 0.0500. The molecular weight excluding hydrogens is 373 g/mol. The number of rotatable bonds is 5. The minimum Gasteiger partial charge on any atom is -0.445 e.